The van der Waals surface area contributed by atoms with E-state index in [1.165, 1.54) is 18.1 Å². The molecule has 3 heterocycles. The molecule has 39 heavy (non-hydrogen) atoms. The van der Waals surface area contributed by atoms with E-state index in [4.69, 9.17) is 14.2 Å². The smallest absolute Gasteiger partial charge is 0.350 e. The van der Waals surface area contributed by atoms with E-state index < -0.39 is 23.7 Å². The standard InChI is InChI=1S/C29H26N2O7S/c1-5-12-37-28(35)26-16(3)30-29(39-26)31-23(17-6-9-20(36-4)10-7-17)22(25(33)27(31)34)24(32)18-8-11-21-19(14-18)13-15(2)38-21/h5-11,14-15,23,32H,1,12-13H2,2-4H3/t15-,23-/m1/s1. The number of aryl methyl sites for hydroxylation is 1. The van der Waals surface area contributed by atoms with E-state index >= 15 is 0 Å². The first-order valence-electron chi connectivity index (χ1n) is 12.2. The summed E-state index contributed by atoms with van der Waals surface area (Å²) in [5.74, 6) is -1.33. The minimum absolute atomic E-state index is 0.00258. The number of benzene rings is 2. The summed E-state index contributed by atoms with van der Waals surface area (Å²) in [5, 5.41) is 11.6. The van der Waals surface area contributed by atoms with Gasteiger partial charge >= 0.3 is 11.9 Å². The molecule has 1 amide bonds. The molecular formula is C29H26N2O7S. The summed E-state index contributed by atoms with van der Waals surface area (Å²) in [7, 11) is 1.53. The maximum atomic E-state index is 13.5. The lowest BCUT2D eigenvalue weighted by molar-refractivity contribution is -0.132. The zero-order valence-electron chi connectivity index (χ0n) is 21.6. The highest BCUT2D eigenvalue weighted by Gasteiger charge is 2.48. The summed E-state index contributed by atoms with van der Waals surface area (Å²) in [6, 6.07) is 11.0. The van der Waals surface area contributed by atoms with Crippen LogP contribution in [0.1, 0.15) is 45.0 Å². The molecule has 5 rings (SSSR count). The zero-order valence-corrected chi connectivity index (χ0v) is 22.4. The minimum atomic E-state index is -0.998. The number of methoxy groups -OCH3 is 1. The predicted octanol–water partition coefficient (Wildman–Crippen LogP) is 4.75. The Balaban J connectivity index is 1.64. The third-order valence-electron chi connectivity index (χ3n) is 6.55. The van der Waals surface area contributed by atoms with E-state index in [-0.39, 0.29) is 34.1 Å². The number of hydrogen-bond acceptors (Lipinski definition) is 9. The molecule has 9 nitrogen and oxygen atoms in total. The molecule has 10 heteroatoms. The largest absolute Gasteiger partial charge is 0.507 e. The Hall–Kier alpha value is -4.44. The number of aliphatic hydroxyl groups is 1. The van der Waals surface area contributed by atoms with Crippen molar-refractivity contribution in [3.63, 3.8) is 0 Å². The van der Waals surface area contributed by atoms with Crippen LogP contribution in [0.5, 0.6) is 11.5 Å². The average molecular weight is 547 g/mol. The number of aromatic nitrogens is 1. The number of aliphatic hydroxyl groups excluding tert-OH is 1. The maximum absolute atomic E-state index is 13.5. The van der Waals surface area contributed by atoms with E-state index in [1.807, 2.05) is 6.92 Å². The fourth-order valence-electron chi connectivity index (χ4n) is 4.73. The van der Waals surface area contributed by atoms with Gasteiger partial charge in [0.1, 0.15) is 34.8 Å². The number of nitrogens with zero attached hydrogens (tertiary/aromatic N) is 2. The van der Waals surface area contributed by atoms with Gasteiger partial charge in [-0.05, 0) is 55.3 Å². The van der Waals surface area contributed by atoms with Crippen molar-refractivity contribution < 1.29 is 33.7 Å². The molecule has 1 saturated heterocycles. The Bertz CT molecular complexity index is 1520. The van der Waals surface area contributed by atoms with Crippen molar-refractivity contribution >= 4 is 39.9 Å². The number of ether oxygens (including phenoxy) is 3. The van der Waals surface area contributed by atoms with Crippen LogP contribution in [0.4, 0.5) is 5.13 Å². The van der Waals surface area contributed by atoms with Crippen LogP contribution >= 0.6 is 11.3 Å². The highest BCUT2D eigenvalue weighted by molar-refractivity contribution is 7.17. The van der Waals surface area contributed by atoms with Crippen LogP contribution in [0, 0.1) is 6.92 Å². The number of rotatable bonds is 7. The summed E-state index contributed by atoms with van der Waals surface area (Å²) in [6.45, 7) is 7.13. The van der Waals surface area contributed by atoms with Crippen LogP contribution in [0.25, 0.3) is 5.76 Å². The van der Waals surface area contributed by atoms with Crippen molar-refractivity contribution in [2.45, 2.75) is 32.4 Å². The molecule has 1 aromatic heterocycles. The minimum Gasteiger partial charge on any atom is -0.507 e. The number of thiazole rings is 1. The number of hydrogen-bond donors (Lipinski definition) is 1. The van der Waals surface area contributed by atoms with Crippen molar-refractivity contribution in [1.29, 1.82) is 0 Å². The van der Waals surface area contributed by atoms with Crippen LogP contribution in [0.2, 0.25) is 0 Å². The summed E-state index contributed by atoms with van der Waals surface area (Å²) in [4.78, 5) is 45.4. The SMILES string of the molecule is C=CCOC(=O)c1sc(N2C(=O)C(=O)C(=C(O)c3ccc4c(c3)C[C@@H](C)O4)[C@H]2c2ccc(OC)cc2)nc1C. The topological polar surface area (TPSA) is 115 Å². The molecule has 2 aliphatic heterocycles. The molecular weight excluding hydrogens is 520 g/mol. The predicted molar refractivity (Wildman–Crippen MR) is 145 cm³/mol. The van der Waals surface area contributed by atoms with E-state index in [0.717, 1.165) is 22.6 Å². The Kier molecular flexibility index (Phi) is 6.96. The number of ketones is 1. The molecule has 200 valence electrons. The second-order valence-corrected chi connectivity index (χ2v) is 10.2. The summed E-state index contributed by atoms with van der Waals surface area (Å²) in [5.41, 5.74) is 2.12. The fourth-order valence-corrected chi connectivity index (χ4v) is 5.72. The first kappa shape index (κ1) is 26.2. The van der Waals surface area contributed by atoms with Crippen molar-refractivity contribution in [3.8, 4) is 11.5 Å². The Morgan fingerprint density at radius 3 is 2.69 bits per heavy atom. The second kappa shape index (κ2) is 10.4. The molecule has 0 bridgehead atoms. The second-order valence-electron chi connectivity index (χ2n) is 9.20. The molecule has 0 unspecified atom stereocenters. The zero-order chi connectivity index (χ0) is 27.8. The van der Waals surface area contributed by atoms with Crippen LogP contribution < -0.4 is 14.4 Å². The first-order chi connectivity index (χ1) is 18.7. The molecule has 1 fully saturated rings. The van der Waals surface area contributed by atoms with Crippen LogP contribution in [-0.4, -0.2) is 47.6 Å². The van der Waals surface area contributed by atoms with Crippen LogP contribution in [0.15, 0.2) is 60.7 Å². The number of Topliss-reactive ketones (excluding diaryl/α,β-unsaturated/α-hetero) is 1. The van der Waals surface area contributed by atoms with Gasteiger partial charge in [0.15, 0.2) is 5.13 Å². The number of fused-ring (bicyclic) bond motifs is 1. The highest BCUT2D eigenvalue weighted by Crippen LogP contribution is 2.44. The van der Waals surface area contributed by atoms with Gasteiger partial charge in [-0.3, -0.25) is 14.5 Å². The van der Waals surface area contributed by atoms with Crippen molar-refractivity contribution in [2.24, 2.45) is 0 Å². The average Bonchev–Trinajstić information content (AvgIpc) is 3.58. The molecule has 0 radical (unpaired) electrons. The van der Waals surface area contributed by atoms with Gasteiger partial charge in [-0.25, -0.2) is 9.78 Å². The van der Waals surface area contributed by atoms with Gasteiger partial charge in [0.05, 0.1) is 24.4 Å². The number of amides is 1. The van der Waals surface area contributed by atoms with Crippen LogP contribution in [0.3, 0.4) is 0 Å². The van der Waals surface area contributed by atoms with Gasteiger partial charge in [-0.2, -0.15) is 0 Å². The normalized spacial score (nSPS) is 19.5. The number of anilines is 1. The Labute approximate surface area is 229 Å². The van der Waals surface area contributed by atoms with Gasteiger partial charge in [-0.15, -0.1) is 0 Å². The molecule has 2 aliphatic rings. The van der Waals surface area contributed by atoms with Gasteiger partial charge in [-0.1, -0.05) is 36.1 Å². The lowest BCUT2D eigenvalue weighted by Crippen LogP contribution is -2.29. The lowest BCUT2D eigenvalue weighted by atomic mass is 9.94. The van der Waals surface area contributed by atoms with Crippen molar-refractivity contribution in [2.75, 3.05) is 18.6 Å². The summed E-state index contributed by atoms with van der Waals surface area (Å²) >= 11 is 0.941. The Morgan fingerprint density at radius 2 is 2.00 bits per heavy atom. The van der Waals surface area contributed by atoms with Crippen molar-refractivity contribution in [3.05, 3.63) is 88.0 Å². The monoisotopic (exact) mass is 546 g/mol. The summed E-state index contributed by atoms with van der Waals surface area (Å²) < 4.78 is 16.2. The first-order valence-corrected chi connectivity index (χ1v) is 13.1. The van der Waals surface area contributed by atoms with E-state index in [2.05, 4.69) is 11.6 Å². The third kappa shape index (κ3) is 4.67. The summed E-state index contributed by atoms with van der Waals surface area (Å²) in [6.07, 6.45) is 2.11. The molecule has 0 spiro atoms. The maximum Gasteiger partial charge on any atom is 0.350 e. The van der Waals surface area contributed by atoms with E-state index in [9.17, 15) is 19.5 Å². The molecule has 0 aliphatic carbocycles. The van der Waals surface area contributed by atoms with Crippen molar-refractivity contribution in [1.82, 2.24) is 4.98 Å². The fraction of sp³-hybridized carbons (Fsp3) is 0.241. The molecule has 3 aromatic rings. The van der Waals surface area contributed by atoms with E-state index in [0.29, 0.717) is 29.0 Å². The highest BCUT2D eigenvalue weighted by atomic mass is 32.1. The number of carbonyl (C=O) groups is 3. The quantitative estimate of drug-likeness (QED) is 0.148. The van der Waals surface area contributed by atoms with Gasteiger partial charge in [0, 0.05) is 12.0 Å². The number of carbonyl (C=O) groups excluding carboxylic acids is 3. The Morgan fingerprint density at radius 1 is 1.26 bits per heavy atom. The van der Waals surface area contributed by atoms with Gasteiger partial charge in [0.25, 0.3) is 5.78 Å². The molecule has 1 N–H and O–H groups in total. The van der Waals surface area contributed by atoms with Gasteiger partial charge in [0.2, 0.25) is 0 Å². The van der Waals surface area contributed by atoms with Crippen LogP contribution in [-0.2, 0) is 20.7 Å². The molecule has 0 saturated carbocycles. The van der Waals surface area contributed by atoms with Gasteiger partial charge < -0.3 is 19.3 Å². The third-order valence-corrected chi connectivity index (χ3v) is 7.69. The lowest BCUT2D eigenvalue weighted by Gasteiger charge is -2.23. The van der Waals surface area contributed by atoms with E-state index in [1.54, 1.807) is 49.4 Å². The molecule has 2 aromatic carbocycles. The molecule has 2 atom stereocenters. The number of esters is 1.